The molecule has 1 atom stereocenters. The van der Waals surface area contributed by atoms with Crippen molar-refractivity contribution in [2.75, 3.05) is 20.3 Å². The van der Waals surface area contributed by atoms with Gasteiger partial charge >= 0.3 is 0 Å². The summed E-state index contributed by atoms with van der Waals surface area (Å²) in [5, 5.41) is 0.570. The maximum absolute atomic E-state index is 13.6. The molecule has 33 heavy (non-hydrogen) atoms. The van der Waals surface area contributed by atoms with Crippen LogP contribution < -0.4 is 5.56 Å². The lowest BCUT2D eigenvalue weighted by Gasteiger charge is -2.32. The number of ether oxygens (including phenoxy) is 1. The molecule has 0 N–H and O–H groups in total. The smallest absolute Gasteiger partial charge is 0.266 e. The van der Waals surface area contributed by atoms with Crippen LogP contribution >= 0.6 is 0 Å². The summed E-state index contributed by atoms with van der Waals surface area (Å²) in [6.45, 7) is 5.32. The van der Waals surface area contributed by atoms with E-state index in [2.05, 4.69) is 6.92 Å². The Bertz CT molecular complexity index is 1090. The van der Waals surface area contributed by atoms with Crippen LogP contribution in [0.15, 0.2) is 59.4 Å². The quantitative estimate of drug-likeness (QED) is 0.353. The summed E-state index contributed by atoms with van der Waals surface area (Å²) < 4.78 is 6.93. The second-order valence-corrected chi connectivity index (χ2v) is 8.28. The normalized spacial score (nSPS) is 12.1. The van der Waals surface area contributed by atoms with Gasteiger partial charge in [0.15, 0.2) is 0 Å². The van der Waals surface area contributed by atoms with E-state index in [9.17, 15) is 9.59 Å². The molecule has 0 saturated carbocycles. The first-order valence-electron chi connectivity index (χ1n) is 12.0. The van der Waals surface area contributed by atoms with Gasteiger partial charge in [-0.3, -0.25) is 14.2 Å². The minimum atomic E-state index is -0.312. The van der Waals surface area contributed by atoms with Crippen molar-refractivity contribution in [1.82, 2.24) is 14.5 Å². The maximum atomic E-state index is 13.6. The zero-order valence-electron chi connectivity index (χ0n) is 20.0. The Morgan fingerprint density at radius 2 is 1.76 bits per heavy atom. The molecule has 0 fully saturated rings. The molecule has 0 aliphatic heterocycles. The summed E-state index contributed by atoms with van der Waals surface area (Å²) in [6, 6.07) is 16.7. The van der Waals surface area contributed by atoms with Crippen LogP contribution in [0.2, 0.25) is 0 Å². The fraction of sp³-hybridized carbons (Fsp3) is 0.444. The Hall–Kier alpha value is -2.99. The van der Waals surface area contributed by atoms with Crippen LogP contribution in [0.5, 0.6) is 0 Å². The van der Waals surface area contributed by atoms with Crippen LogP contribution in [-0.2, 0) is 9.53 Å². The molecule has 3 rings (SSSR count). The molecule has 0 aliphatic rings. The third kappa shape index (κ3) is 5.88. The third-order valence-corrected chi connectivity index (χ3v) is 5.94. The molecule has 6 heteroatoms. The zero-order chi connectivity index (χ0) is 23.6. The Labute approximate surface area is 196 Å². The van der Waals surface area contributed by atoms with Gasteiger partial charge in [-0.25, -0.2) is 4.98 Å². The number of carbonyl (C=O) groups excluding carboxylic acids is 1. The Balaban J connectivity index is 2.14. The molecule has 0 radical (unpaired) electrons. The van der Waals surface area contributed by atoms with Gasteiger partial charge in [-0.15, -0.1) is 0 Å². The van der Waals surface area contributed by atoms with Crippen molar-refractivity contribution in [2.24, 2.45) is 0 Å². The molecule has 0 spiro atoms. The molecule has 0 saturated heterocycles. The highest BCUT2D eigenvalue weighted by molar-refractivity contribution is 5.79. The zero-order valence-corrected chi connectivity index (χ0v) is 20.0. The molecule has 0 bridgehead atoms. The average molecular weight is 450 g/mol. The van der Waals surface area contributed by atoms with Gasteiger partial charge in [0.2, 0.25) is 5.91 Å². The van der Waals surface area contributed by atoms with E-state index in [1.807, 2.05) is 60.4 Å². The van der Waals surface area contributed by atoms with Crippen molar-refractivity contribution in [2.45, 2.75) is 58.4 Å². The number of nitrogens with zero attached hydrogens (tertiary/aromatic N) is 3. The first kappa shape index (κ1) is 24.6. The van der Waals surface area contributed by atoms with Gasteiger partial charge in [0, 0.05) is 26.7 Å². The SMILES string of the molecule is CCCCCC(=O)N(CCCOC)C(CC)c1nc2ccccc2c(=O)n1-c1ccccc1. The second-order valence-electron chi connectivity index (χ2n) is 8.28. The van der Waals surface area contributed by atoms with E-state index < -0.39 is 0 Å². The van der Waals surface area contributed by atoms with Crippen molar-refractivity contribution in [3.8, 4) is 5.69 Å². The number of benzene rings is 2. The summed E-state index contributed by atoms with van der Waals surface area (Å²) in [4.78, 5) is 33.8. The molecular weight excluding hydrogens is 414 g/mol. The highest BCUT2D eigenvalue weighted by Crippen LogP contribution is 2.27. The van der Waals surface area contributed by atoms with Crippen molar-refractivity contribution in [3.63, 3.8) is 0 Å². The fourth-order valence-corrected chi connectivity index (χ4v) is 4.25. The van der Waals surface area contributed by atoms with Crippen LogP contribution in [-0.4, -0.2) is 40.6 Å². The number of rotatable bonds is 12. The largest absolute Gasteiger partial charge is 0.385 e. The van der Waals surface area contributed by atoms with Gasteiger partial charge in [-0.05, 0) is 43.5 Å². The lowest BCUT2D eigenvalue weighted by molar-refractivity contribution is -0.134. The highest BCUT2D eigenvalue weighted by atomic mass is 16.5. The Morgan fingerprint density at radius 3 is 2.45 bits per heavy atom. The van der Waals surface area contributed by atoms with Crippen molar-refractivity contribution in [3.05, 3.63) is 70.8 Å². The van der Waals surface area contributed by atoms with E-state index in [1.165, 1.54) is 0 Å². The molecule has 1 heterocycles. The van der Waals surface area contributed by atoms with Gasteiger partial charge < -0.3 is 9.64 Å². The third-order valence-electron chi connectivity index (χ3n) is 5.94. The van der Waals surface area contributed by atoms with E-state index >= 15 is 0 Å². The number of methoxy groups -OCH3 is 1. The Kier molecular flexibility index (Phi) is 9.19. The highest BCUT2D eigenvalue weighted by Gasteiger charge is 2.28. The number of amides is 1. The Morgan fingerprint density at radius 1 is 1.03 bits per heavy atom. The number of hydrogen-bond donors (Lipinski definition) is 0. The monoisotopic (exact) mass is 449 g/mol. The molecule has 6 nitrogen and oxygen atoms in total. The van der Waals surface area contributed by atoms with Gasteiger partial charge in [0.1, 0.15) is 5.82 Å². The number of aromatic nitrogens is 2. The predicted octanol–water partition coefficient (Wildman–Crippen LogP) is 5.28. The lowest BCUT2D eigenvalue weighted by atomic mass is 10.1. The molecule has 2 aromatic carbocycles. The first-order valence-corrected chi connectivity index (χ1v) is 12.0. The van der Waals surface area contributed by atoms with Gasteiger partial charge in [0.05, 0.1) is 22.6 Å². The van der Waals surface area contributed by atoms with Crippen LogP contribution in [0.3, 0.4) is 0 Å². The summed E-state index contributed by atoms with van der Waals surface area (Å²) in [5.41, 5.74) is 1.29. The minimum absolute atomic E-state index is 0.105. The maximum Gasteiger partial charge on any atom is 0.266 e. The summed E-state index contributed by atoms with van der Waals surface area (Å²) >= 11 is 0. The average Bonchev–Trinajstić information content (AvgIpc) is 2.84. The van der Waals surface area contributed by atoms with Crippen LogP contribution in [0.1, 0.15) is 64.2 Å². The number of para-hydroxylation sites is 2. The summed E-state index contributed by atoms with van der Waals surface area (Å²) in [6.07, 6.45) is 4.84. The predicted molar refractivity (Wildman–Crippen MR) is 133 cm³/mol. The fourth-order valence-electron chi connectivity index (χ4n) is 4.25. The van der Waals surface area contributed by atoms with Crippen molar-refractivity contribution >= 4 is 16.8 Å². The van der Waals surface area contributed by atoms with Gasteiger partial charge in [-0.2, -0.15) is 0 Å². The number of fused-ring (bicyclic) bond motifs is 1. The number of unbranched alkanes of at least 4 members (excludes halogenated alkanes) is 2. The van der Waals surface area contributed by atoms with Gasteiger partial charge in [-0.1, -0.05) is 57.0 Å². The van der Waals surface area contributed by atoms with Crippen molar-refractivity contribution in [1.29, 1.82) is 0 Å². The van der Waals surface area contributed by atoms with E-state index in [4.69, 9.17) is 9.72 Å². The first-order chi connectivity index (χ1) is 16.1. The number of carbonyl (C=O) groups is 1. The van der Waals surface area contributed by atoms with E-state index in [-0.39, 0.29) is 17.5 Å². The van der Waals surface area contributed by atoms with E-state index in [0.29, 0.717) is 42.7 Å². The lowest BCUT2D eigenvalue weighted by Crippen LogP contribution is -2.39. The van der Waals surface area contributed by atoms with E-state index in [0.717, 1.165) is 31.4 Å². The summed E-state index contributed by atoms with van der Waals surface area (Å²) in [7, 11) is 1.67. The molecule has 176 valence electrons. The molecule has 1 aromatic heterocycles. The standard InChI is InChI=1S/C27H35N3O3/c1-4-6-8-18-25(31)29(19-13-20-33-3)24(5-2)26-28-23-17-12-11-16-22(23)27(32)30(26)21-14-9-7-10-15-21/h7,9-12,14-17,24H,4-6,8,13,18-20H2,1-3H3. The van der Waals surface area contributed by atoms with E-state index in [1.54, 1.807) is 17.7 Å². The number of hydrogen-bond acceptors (Lipinski definition) is 4. The van der Waals surface area contributed by atoms with Crippen LogP contribution in [0.4, 0.5) is 0 Å². The van der Waals surface area contributed by atoms with Gasteiger partial charge in [0.25, 0.3) is 5.56 Å². The minimum Gasteiger partial charge on any atom is -0.385 e. The molecule has 3 aromatic rings. The molecular formula is C27H35N3O3. The van der Waals surface area contributed by atoms with Crippen LogP contribution in [0, 0.1) is 0 Å². The summed E-state index contributed by atoms with van der Waals surface area (Å²) in [5.74, 6) is 0.710. The van der Waals surface area contributed by atoms with Crippen LogP contribution in [0.25, 0.3) is 16.6 Å². The van der Waals surface area contributed by atoms with Crippen molar-refractivity contribution < 1.29 is 9.53 Å². The molecule has 0 aliphatic carbocycles. The molecule has 1 unspecified atom stereocenters. The molecule has 1 amide bonds. The topological polar surface area (TPSA) is 64.4 Å². The second kappa shape index (κ2) is 12.3.